The van der Waals surface area contributed by atoms with Gasteiger partial charge in [0.25, 0.3) is 0 Å². The summed E-state index contributed by atoms with van der Waals surface area (Å²) in [6.07, 6.45) is 6.25. The first-order chi connectivity index (χ1) is 16.2. The van der Waals surface area contributed by atoms with Crippen LogP contribution in [0.1, 0.15) is 73.3 Å². The van der Waals surface area contributed by atoms with Crippen molar-refractivity contribution >= 4 is 33.9 Å². The topological polar surface area (TPSA) is 90.1 Å². The van der Waals surface area contributed by atoms with E-state index in [9.17, 15) is 14.7 Å². The standard InChI is InChI=1S/C26H28N2O5S/c1-26(2,3)33-27-19-6-5-7-20-17(19)12-21(34-20)15-10-11-16-22(24(15)32-4)28(14-8-9-14)13-18(23(16)29)25(30)31/h10-14H,5-9H2,1-4H3,(H,30,31)/b27-19+. The maximum atomic E-state index is 13.0. The molecule has 1 aromatic carbocycles. The molecule has 5 rings (SSSR count). The molecule has 0 spiro atoms. The number of carboxylic acids is 1. The number of rotatable bonds is 5. The Kier molecular flexibility index (Phi) is 5.51. The highest BCUT2D eigenvalue weighted by Crippen LogP contribution is 2.45. The highest BCUT2D eigenvalue weighted by molar-refractivity contribution is 7.16. The van der Waals surface area contributed by atoms with Gasteiger partial charge in [0.2, 0.25) is 5.43 Å². The number of pyridine rings is 1. The van der Waals surface area contributed by atoms with Gasteiger partial charge >= 0.3 is 5.97 Å². The fourth-order valence-corrected chi connectivity index (χ4v) is 5.69. The van der Waals surface area contributed by atoms with Crippen molar-refractivity contribution in [1.82, 2.24) is 4.57 Å². The van der Waals surface area contributed by atoms with E-state index < -0.39 is 11.4 Å². The number of carboxylic acid groups (broad SMARTS) is 1. The molecule has 2 aliphatic carbocycles. The van der Waals surface area contributed by atoms with Gasteiger partial charge in [0, 0.05) is 33.1 Å². The van der Waals surface area contributed by atoms with Gasteiger partial charge < -0.3 is 19.2 Å². The number of aromatic nitrogens is 1. The van der Waals surface area contributed by atoms with Gasteiger partial charge in [0.1, 0.15) is 11.2 Å². The highest BCUT2D eigenvalue weighted by atomic mass is 32.1. The van der Waals surface area contributed by atoms with Crippen LogP contribution in [0.2, 0.25) is 0 Å². The Morgan fingerprint density at radius 3 is 2.62 bits per heavy atom. The number of oxime groups is 1. The average Bonchev–Trinajstić information content (AvgIpc) is 3.54. The summed E-state index contributed by atoms with van der Waals surface area (Å²) in [7, 11) is 1.60. The third-order valence-electron chi connectivity index (χ3n) is 6.15. The van der Waals surface area contributed by atoms with E-state index in [1.54, 1.807) is 24.5 Å². The Morgan fingerprint density at radius 1 is 1.21 bits per heavy atom. The summed E-state index contributed by atoms with van der Waals surface area (Å²) in [4.78, 5) is 32.7. The van der Waals surface area contributed by atoms with E-state index in [4.69, 9.17) is 9.57 Å². The zero-order valence-corrected chi connectivity index (χ0v) is 20.6. The molecule has 3 aromatic rings. The van der Waals surface area contributed by atoms with Crippen LogP contribution in [0.3, 0.4) is 0 Å². The van der Waals surface area contributed by atoms with Crippen molar-refractivity contribution in [2.45, 2.75) is 64.5 Å². The molecule has 178 valence electrons. The summed E-state index contributed by atoms with van der Waals surface area (Å²) < 4.78 is 7.80. The first kappa shape index (κ1) is 22.7. The summed E-state index contributed by atoms with van der Waals surface area (Å²) >= 11 is 1.71. The molecule has 7 nitrogen and oxygen atoms in total. The summed E-state index contributed by atoms with van der Waals surface area (Å²) in [6, 6.07) is 5.91. The molecule has 2 aliphatic rings. The molecule has 0 atom stereocenters. The molecular weight excluding hydrogens is 452 g/mol. The number of carbonyl (C=O) groups is 1. The molecule has 0 aliphatic heterocycles. The van der Waals surface area contributed by atoms with E-state index in [1.165, 1.54) is 11.1 Å². The number of aryl methyl sites for hydroxylation is 1. The van der Waals surface area contributed by atoms with Crippen LogP contribution in [-0.4, -0.2) is 34.1 Å². The largest absolute Gasteiger partial charge is 0.494 e. The maximum Gasteiger partial charge on any atom is 0.341 e. The molecule has 0 bridgehead atoms. The van der Waals surface area contributed by atoms with Gasteiger partial charge in [-0.15, -0.1) is 11.3 Å². The van der Waals surface area contributed by atoms with Gasteiger partial charge in [-0.25, -0.2) is 4.79 Å². The molecular formula is C26H28N2O5S. The Labute approximate surface area is 201 Å². The molecule has 1 saturated carbocycles. The van der Waals surface area contributed by atoms with Crippen LogP contribution in [0.25, 0.3) is 21.3 Å². The number of thiophene rings is 1. The van der Waals surface area contributed by atoms with Crippen molar-refractivity contribution < 1.29 is 19.5 Å². The fourth-order valence-electron chi connectivity index (χ4n) is 4.44. The maximum absolute atomic E-state index is 13.0. The van der Waals surface area contributed by atoms with Crippen LogP contribution >= 0.6 is 11.3 Å². The molecule has 1 fully saturated rings. The summed E-state index contributed by atoms with van der Waals surface area (Å²) in [6.45, 7) is 5.94. The molecule has 0 radical (unpaired) electrons. The predicted octanol–water partition coefficient (Wildman–Crippen LogP) is 5.63. The van der Waals surface area contributed by atoms with Crippen LogP contribution in [0.15, 0.2) is 34.3 Å². The van der Waals surface area contributed by atoms with Gasteiger partial charge in [0.15, 0.2) is 5.75 Å². The first-order valence-corrected chi connectivity index (χ1v) is 12.4. The van der Waals surface area contributed by atoms with Gasteiger partial charge in [-0.05, 0) is 71.1 Å². The number of methoxy groups -OCH3 is 1. The van der Waals surface area contributed by atoms with Gasteiger partial charge in [0.05, 0.1) is 23.7 Å². The SMILES string of the molecule is COc1c(-c2cc3c(s2)CCC/C3=N\OC(C)(C)C)ccc2c(=O)c(C(=O)O)cn(C3CC3)c12. The van der Waals surface area contributed by atoms with E-state index in [0.29, 0.717) is 16.7 Å². The van der Waals surface area contributed by atoms with Crippen molar-refractivity contribution in [2.24, 2.45) is 5.16 Å². The predicted molar refractivity (Wildman–Crippen MR) is 134 cm³/mol. The lowest BCUT2D eigenvalue weighted by atomic mass is 9.96. The molecule has 2 aromatic heterocycles. The number of aromatic carboxylic acids is 1. The lowest BCUT2D eigenvalue weighted by Crippen LogP contribution is -2.19. The lowest BCUT2D eigenvalue weighted by molar-refractivity contribution is 0.000623. The zero-order chi connectivity index (χ0) is 24.2. The number of nitrogens with zero attached hydrogens (tertiary/aromatic N) is 2. The van der Waals surface area contributed by atoms with Crippen molar-refractivity contribution in [2.75, 3.05) is 7.11 Å². The van der Waals surface area contributed by atoms with Crippen molar-refractivity contribution in [3.05, 3.63) is 50.6 Å². The van der Waals surface area contributed by atoms with E-state index in [2.05, 4.69) is 11.2 Å². The molecule has 2 heterocycles. The number of fused-ring (bicyclic) bond motifs is 2. The minimum absolute atomic E-state index is 0.176. The zero-order valence-electron chi connectivity index (χ0n) is 19.8. The van der Waals surface area contributed by atoms with Crippen LogP contribution in [0.4, 0.5) is 0 Å². The Morgan fingerprint density at radius 2 is 1.97 bits per heavy atom. The number of benzene rings is 1. The van der Waals surface area contributed by atoms with E-state index in [1.807, 2.05) is 31.4 Å². The summed E-state index contributed by atoms with van der Waals surface area (Å²) in [5.41, 5.74) is 2.57. The lowest BCUT2D eigenvalue weighted by Gasteiger charge is -2.19. The molecule has 34 heavy (non-hydrogen) atoms. The van der Waals surface area contributed by atoms with E-state index >= 15 is 0 Å². The third-order valence-corrected chi connectivity index (χ3v) is 7.38. The number of hydrogen-bond acceptors (Lipinski definition) is 6. The smallest absolute Gasteiger partial charge is 0.341 e. The quantitative estimate of drug-likeness (QED) is 0.478. The molecule has 8 heteroatoms. The minimum Gasteiger partial charge on any atom is -0.494 e. The van der Waals surface area contributed by atoms with Crippen molar-refractivity contribution in [1.29, 1.82) is 0 Å². The molecule has 0 amide bonds. The van der Waals surface area contributed by atoms with Crippen molar-refractivity contribution in [3.63, 3.8) is 0 Å². The van der Waals surface area contributed by atoms with Crippen LogP contribution in [-0.2, 0) is 11.3 Å². The van der Waals surface area contributed by atoms with Gasteiger partial charge in [-0.1, -0.05) is 5.16 Å². The van der Waals surface area contributed by atoms with Crippen LogP contribution < -0.4 is 10.2 Å². The minimum atomic E-state index is -1.21. The normalized spacial score (nSPS) is 17.1. The average molecular weight is 481 g/mol. The second-order valence-corrected chi connectivity index (χ2v) is 11.0. The van der Waals surface area contributed by atoms with E-state index in [-0.39, 0.29) is 17.2 Å². The van der Waals surface area contributed by atoms with Gasteiger partial charge in [-0.3, -0.25) is 4.79 Å². The summed E-state index contributed by atoms with van der Waals surface area (Å²) in [5.74, 6) is -0.610. The summed E-state index contributed by atoms with van der Waals surface area (Å²) in [5, 5.41) is 14.4. The number of ether oxygens (including phenoxy) is 1. The van der Waals surface area contributed by atoms with Gasteiger partial charge in [-0.2, -0.15) is 0 Å². The molecule has 0 unspecified atom stereocenters. The monoisotopic (exact) mass is 480 g/mol. The Hall–Kier alpha value is -3.13. The second kappa shape index (κ2) is 8.27. The molecule has 1 N–H and O–H groups in total. The highest BCUT2D eigenvalue weighted by Gasteiger charge is 2.30. The Balaban J connectivity index is 1.68. The third kappa shape index (κ3) is 4.00. The first-order valence-electron chi connectivity index (χ1n) is 11.6. The number of hydrogen-bond donors (Lipinski definition) is 1. The molecule has 0 saturated heterocycles. The van der Waals surface area contributed by atoms with Crippen molar-refractivity contribution in [3.8, 4) is 16.2 Å². The van der Waals surface area contributed by atoms with Crippen LogP contribution in [0, 0.1) is 0 Å². The fraction of sp³-hybridized carbons (Fsp3) is 0.423. The van der Waals surface area contributed by atoms with Crippen LogP contribution in [0.5, 0.6) is 5.75 Å². The second-order valence-electron chi connectivity index (χ2n) is 9.90. The Bertz CT molecular complexity index is 1390. The van der Waals surface area contributed by atoms with E-state index in [0.717, 1.165) is 53.8 Å².